The number of hydrazine groups is 1. The highest BCUT2D eigenvalue weighted by Crippen LogP contribution is 2.15. The lowest BCUT2D eigenvalue weighted by molar-refractivity contribution is 0.0944. The maximum Gasteiger partial charge on any atom is 0.269 e. The first kappa shape index (κ1) is 17.5. The number of hydrogen-bond donors (Lipinski definition) is 3. The van der Waals surface area contributed by atoms with Crippen LogP contribution in [-0.4, -0.2) is 31.2 Å². The number of aromatic nitrogens is 4. The van der Waals surface area contributed by atoms with Crippen molar-refractivity contribution in [2.24, 2.45) is 0 Å². The molecule has 0 radical (unpaired) electrons. The van der Waals surface area contributed by atoms with E-state index in [9.17, 15) is 4.79 Å². The molecule has 0 aliphatic carbocycles. The van der Waals surface area contributed by atoms with Gasteiger partial charge in [0.25, 0.3) is 5.91 Å². The molecular weight excluding hydrogens is 350 g/mol. The van der Waals surface area contributed by atoms with Gasteiger partial charge in [-0.3, -0.25) is 15.6 Å². The van der Waals surface area contributed by atoms with Gasteiger partial charge in [0.2, 0.25) is 0 Å². The fourth-order valence-electron chi connectivity index (χ4n) is 2.33. The van der Waals surface area contributed by atoms with E-state index in [1.807, 2.05) is 24.3 Å². The molecule has 3 aromatic rings. The monoisotopic (exact) mass is 367 g/mol. The van der Waals surface area contributed by atoms with Crippen molar-refractivity contribution in [1.82, 2.24) is 31.1 Å². The molecule has 3 rings (SSSR count). The van der Waals surface area contributed by atoms with Crippen molar-refractivity contribution in [2.75, 3.05) is 5.32 Å². The van der Waals surface area contributed by atoms with E-state index in [2.05, 4.69) is 38.6 Å². The first-order valence-corrected chi connectivity index (χ1v) is 8.37. The number of tetrazole rings is 1. The number of rotatable bonds is 4. The third-order valence-electron chi connectivity index (χ3n) is 3.68. The van der Waals surface area contributed by atoms with E-state index in [0.717, 1.165) is 23.4 Å². The topological polar surface area (TPSA) is 96.8 Å². The lowest BCUT2D eigenvalue weighted by Crippen LogP contribution is -2.43. The number of benzene rings is 2. The van der Waals surface area contributed by atoms with E-state index >= 15 is 0 Å². The fourth-order valence-corrected chi connectivity index (χ4v) is 2.50. The van der Waals surface area contributed by atoms with Crippen LogP contribution in [0.4, 0.5) is 5.69 Å². The van der Waals surface area contributed by atoms with Crippen molar-refractivity contribution in [3.8, 4) is 5.69 Å². The zero-order chi connectivity index (χ0) is 18.4. The summed E-state index contributed by atoms with van der Waals surface area (Å²) >= 11 is 5.22. The summed E-state index contributed by atoms with van der Waals surface area (Å²) in [6, 6.07) is 14.7. The first-order chi connectivity index (χ1) is 12.7. The molecule has 0 atom stereocenters. The van der Waals surface area contributed by atoms with Crippen LogP contribution in [0.5, 0.6) is 0 Å². The minimum atomic E-state index is -0.304. The van der Waals surface area contributed by atoms with Crippen LogP contribution in [0.2, 0.25) is 0 Å². The summed E-state index contributed by atoms with van der Waals surface area (Å²) in [5.74, 6) is -0.304. The summed E-state index contributed by atoms with van der Waals surface area (Å²) in [6.07, 6.45) is 2.36. The lowest BCUT2D eigenvalue weighted by Gasteiger charge is -2.14. The van der Waals surface area contributed by atoms with Crippen molar-refractivity contribution in [3.63, 3.8) is 0 Å². The van der Waals surface area contributed by atoms with E-state index in [1.54, 1.807) is 24.3 Å². The second-order valence-corrected chi connectivity index (χ2v) is 5.75. The molecule has 1 heterocycles. The van der Waals surface area contributed by atoms with Gasteiger partial charge >= 0.3 is 0 Å². The Labute approximate surface area is 155 Å². The van der Waals surface area contributed by atoms with Crippen LogP contribution in [0, 0.1) is 0 Å². The van der Waals surface area contributed by atoms with Crippen LogP contribution in [0.3, 0.4) is 0 Å². The van der Waals surface area contributed by atoms with E-state index in [4.69, 9.17) is 12.2 Å². The summed E-state index contributed by atoms with van der Waals surface area (Å²) in [5.41, 5.74) is 8.56. The zero-order valence-electron chi connectivity index (χ0n) is 14.0. The second kappa shape index (κ2) is 8.17. The van der Waals surface area contributed by atoms with Gasteiger partial charge in [-0.2, -0.15) is 0 Å². The fraction of sp³-hybridized carbons (Fsp3) is 0.118. The molecule has 0 saturated heterocycles. The van der Waals surface area contributed by atoms with Crippen LogP contribution in [-0.2, 0) is 6.42 Å². The van der Waals surface area contributed by atoms with Crippen LogP contribution in [0.25, 0.3) is 5.69 Å². The van der Waals surface area contributed by atoms with Gasteiger partial charge in [0.05, 0.1) is 5.69 Å². The number of amides is 1. The Morgan fingerprint density at radius 1 is 1.12 bits per heavy atom. The largest absolute Gasteiger partial charge is 0.331 e. The van der Waals surface area contributed by atoms with Crippen LogP contribution in [0.15, 0.2) is 54.9 Å². The smallest absolute Gasteiger partial charge is 0.269 e. The molecule has 0 fully saturated rings. The minimum Gasteiger partial charge on any atom is -0.331 e. The normalized spacial score (nSPS) is 10.2. The molecule has 1 amide bonds. The highest BCUT2D eigenvalue weighted by molar-refractivity contribution is 7.80. The predicted molar refractivity (Wildman–Crippen MR) is 102 cm³/mol. The molecule has 0 unspecified atom stereocenters. The molecule has 1 aromatic heterocycles. The number of thiocarbonyl (C=S) groups is 1. The second-order valence-electron chi connectivity index (χ2n) is 5.35. The van der Waals surface area contributed by atoms with Gasteiger partial charge in [0, 0.05) is 11.3 Å². The summed E-state index contributed by atoms with van der Waals surface area (Å²) < 4.78 is 1.50. The molecule has 0 spiro atoms. The molecule has 0 aliphatic heterocycles. The van der Waals surface area contributed by atoms with Crippen molar-refractivity contribution < 1.29 is 4.79 Å². The van der Waals surface area contributed by atoms with Gasteiger partial charge in [-0.25, -0.2) is 4.68 Å². The van der Waals surface area contributed by atoms with E-state index in [0.29, 0.717) is 10.7 Å². The average molecular weight is 367 g/mol. The molecule has 0 saturated carbocycles. The molecule has 0 aliphatic rings. The lowest BCUT2D eigenvalue weighted by atomic mass is 10.1. The van der Waals surface area contributed by atoms with Crippen LogP contribution in [0.1, 0.15) is 22.8 Å². The molecule has 9 heteroatoms. The molecule has 0 bridgehead atoms. The molecule has 2 aromatic carbocycles. The molecule has 3 N–H and O–H groups in total. The Hall–Kier alpha value is -3.33. The standard InChI is InChI=1S/C17H17N7OS/c1-2-12-5-3-4-6-15(12)19-17(26)21-20-16(25)13-7-9-14(10-8-13)24-11-18-22-23-24/h3-11H,2H2,1H3,(H,20,25)(H2,19,21,26). The van der Waals surface area contributed by atoms with Gasteiger partial charge in [0.15, 0.2) is 5.11 Å². The predicted octanol–water partition coefficient (Wildman–Crippen LogP) is 1.86. The van der Waals surface area contributed by atoms with Gasteiger partial charge < -0.3 is 5.32 Å². The highest BCUT2D eigenvalue weighted by Gasteiger charge is 2.07. The van der Waals surface area contributed by atoms with Crippen LogP contribution < -0.4 is 16.2 Å². The van der Waals surface area contributed by atoms with Gasteiger partial charge in [-0.05, 0) is 65.0 Å². The number of para-hydroxylation sites is 1. The Bertz CT molecular complexity index is 894. The quantitative estimate of drug-likeness (QED) is 0.478. The minimum absolute atomic E-state index is 0.304. The summed E-state index contributed by atoms with van der Waals surface area (Å²) in [7, 11) is 0. The zero-order valence-corrected chi connectivity index (χ0v) is 14.8. The number of anilines is 1. The number of nitrogens with one attached hydrogen (secondary N) is 3. The Morgan fingerprint density at radius 2 is 1.88 bits per heavy atom. The number of hydrogen-bond acceptors (Lipinski definition) is 5. The molecule has 26 heavy (non-hydrogen) atoms. The maximum absolute atomic E-state index is 12.2. The number of carbonyl (C=O) groups excluding carboxylic acids is 1. The van der Waals surface area contributed by atoms with Gasteiger partial charge in [-0.1, -0.05) is 25.1 Å². The van der Waals surface area contributed by atoms with E-state index < -0.39 is 0 Å². The Morgan fingerprint density at radius 3 is 2.58 bits per heavy atom. The van der Waals surface area contributed by atoms with Crippen molar-refractivity contribution in [1.29, 1.82) is 0 Å². The van der Waals surface area contributed by atoms with Gasteiger partial charge in [0.1, 0.15) is 6.33 Å². The number of carbonyl (C=O) groups is 1. The van der Waals surface area contributed by atoms with Crippen molar-refractivity contribution in [3.05, 3.63) is 66.0 Å². The Balaban J connectivity index is 1.55. The molecular formula is C17H17N7OS. The van der Waals surface area contributed by atoms with E-state index in [1.165, 1.54) is 11.0 Å². The highest BCUT2D eigenvalue weighted by atomic mass is 32.1. The summed E-state index contributed by atoms with van der Waals surface area (Å²) in [6.45, 7) is 2.07. The van der Waals surface area contributed by atoms with E-state index in [-0.39, 0.29) is 5.91 Å². The van der Waals surface area contributed by atoms with Crippen LogP contribution >= 0.6 is 12.2 Å². The van der Waals surface area contributed by atoms with Gasteiger partial charge in [-0.15, -0.1) is 5.10 Å². The third kappa shape index (κ3) is 4.19. The number of aryl methyl sites for hydroxylation is 1. The summed E-state index contributed by atoms with van der Waals surface area (Å²) in [5, 5.41) is 14.3. The third-order valence-corrected chi connectivity index (χ3v) is 3.88. The molecule has 132 valence electrons. The molecule has 8 nitrogen and oxygen atoms in total. The number of nitrogens with zero attached hydrogens (tertiary/aromatic N) is 4. The average Bonchev–Trinajstić information content (AvgIpc) is 3.21. The first-order valence-electron chi connectivity index (χ1n) is 7.96. The SMILES string of the molecule is CCc1ccccc1NC(=S)NNC(=O)c1ccc(-n2cnnn2)cc1. The summed E-state index contributed by atoms with van der Waals surface area (Å²) in [4.78, 5) is 12.2. The Kier molecular flexibility index (Phi) is 5.49. The van der Waals surface area contributed by atoms with Crippen molar-refractivity contribution in [2.45, 2.75) is 13.3 Å². The maximum atomic E-state index is 12.2. The van der Waals surface area contributed by atoms with Crippen molar-refractivity contribution >= 4 is 28.9 Å².